The Balaban J connectivity index is 2.28. The summed E-state index contributed by atoms with van der Waals surface area (Å²) in [7, 11) is 0. The maximum atomic E-state index is 12.0. The van der Waals surface area contributed by atoms with Gasteiger partial charge >= 0.3 is 5.97 Å². The topological polar surface area (TPSA) is 77.8 Å². The summed E-state index contributed by atoms with van der Waals surface area (Å²) in [6.07, 6.45) is 10.7. The molecule has 5 nitrogen and oxygen atoms in total. The molecule has 1 rings (SSSR count). The molecule has 0 aromatic heterocycles. The normalized spacial score (nSPS) is 19.3. The molecule has 1 unspecified atom stereocenters. The molecule has 138 valence electrons. The van der Waals surface area contributed by atoms with E-state index in [0.29, 0.717) is 13.0 Å². The molecule has 0 spiro atoms. The Labute approximate surface area is 149 Å². The van der Waals surface area contributed by atoms with Gasteiger partial charge in [-0.1, -0.05) is 38.3 Å². The summed E-state index contributed by atoms with van der Waals surface area (Å²) in [5, 5.41) is 18.5. The average Bonchev–Trinajstić information content (AvgIpc) is 2.89. The molecule has 0 aromatic carbocycles. The van der Waals surface area contributed by atoms with E-state index in [4.69, 9.17) is 5.11 Å². The standard InChI is InChI=1S/C18H31NO4S/c1-2-3-4-7-16(20)10-8-15-9-11-17(21)19(15)12-5-6-13-24-14-18(22)23/h8,10,15-16,20H,2-7,9,11-14H2,1H3,(H,22,23)/b10-8+/t15?,16-/m0/s1. The van der Waals surface area contributed by atoms with Crippen molar-refractivity contribution in [3.05, 3.63) is 12.2 Å². The third-order valence-corrected chi connectivity index (χ3v) is 5.23. The van der Waals surface area contributed by atoms with Crippen LogP contribution in [0.4, 0.5) is 0 Å². The number of nitrogens with zero attached hydrogens (tertiary/aromatic N) is 1. The lowest BCUT2D eigenvalue weighted by molar-refractivity contribution is -0.134. The maximum absolute atomic E-state index is 12.0. The number of carboxylic acid groups (broad SMARTS) is 1. The second-order valence-corrected chi connectivity index (χ2v) is 7.40. The molecule has 6 heteroatoms. The Hall–Kier alpha value is -1.01. The Kier molecular flexibility index (Phi) is 10.8. The number of thioether (sulfide) groups is 1. The highest BCUT2D eigenvalue weighted by molar-refractivity contribution is 7.99. The third kappa shape index (κ3) is 8.73. The van der Waals surface area contributed by atoms with Crippen LogP contribution in [0.2, 0.25) is 0 Å². The van der Waals surface area contributed by atoms with Gasteiger partial charge in [0.15, 0.2) is 0 Å². The van der Waals surface area contributed by atoms with Crippen molar-refractivity contribution in [3.63, 3.8) is 0 Å². The molecule has 0 aliphatic carbocycles. The summed E-state index contributed by atoms with van der Waals surface area (Å²) in [5.74, 6) is 0.357. The average molecular weight is 358 g/mol. The van der Waals surface area contributed by atoms with Gasteiger partial charge in [0.1, 0.15) is 0 Å². The van der Waals surface area contributed by atoms with E-state index in [-0.39, 0.29) is 17.7 Å². The summed E-state index contributed by atoms with van der Waals surface area (Å²) in [5.41, 5.74) is 0. The smallest absolute Gasteiger partial charge is 0.313 e. The van der Waals surface area contributed by atoms with E-state index < -0.39 is 12.1 Å². The Morgan fingerprint density at radius 1 is 1.38 bits per heavy atom. The molecule has 24 heavy (non-hydrogen) atoms. The van der Waals surface area contributed by atoms with Crippen LogP contribution >= 0.6 is 11.8 Å². The van der Waals surface area contributed by atoms with E-state index >= 15 is 0 Å². The van der Waals surface area contributed by atoms with E-state index in [9.17, 15) is 14.7 Å². The van der Waals surface area contributed by atoms with Gasteiger partial charge in [-0.3, -0.25) is 9.59 Å². The highest BCUT2D eigenvalue weighted by atomic mass is 32.2. The minimum absolute atomic E-state index is 0.102. The number of hydrogen-bond acceptors (Lipinski definition) is 4. The maximum Gasteiger partial charge on any atom is 0.313 e. The number of unbranched alkanes of at least 4 members (excludes halogenated alkanes) is 3. The summed E-state index contributed by atoms with van der Waals surface area (Å²) in [6.45, 7) is 2.86. The molecular weight excluding hydrogens is 326 g/mol. The van der Waals surface area contributed by atoms with Crippen LogP contribution < -0.4 is 0 Å². The van der Waals surface area contributed by atoms with Crippen LogP contribution in [0, 0.1) is 0 Å². The molecule has 1 amide bonds. The lowest BCUT2D eigenvalue weighted by atomic mass is 10.1. The number of aliphatic hydroxyl groups is 1. The first-order valence-corrected chi connectivity index (χ1v) is 10.2. The van der Waals surface area contributed by atoms with Crippen molar-refractivity contribution in [2.24, 2.45) is 0 Å². The van der Waals surface area contributed by atoms with Crippen LogP contribution in [0.3, 0.4) is 0 Å². The first-order valence-electron chi connectivity index (χ1n) is 9.00. The molecular formula is C18H31NO4S. The minimum Gasteiger partial charge on any atom is -0.481 e. The molecule has 1 aliphatic heterocycles. The van der Waals surface area contributed by atoms with Crippen molar-refractivity contribution in [1.82, 2.24) is 4.90 Å². The fourth-order valence-electron chi connectivity index (χ4n) is 2.85. The Morgan fingerprint density at radius 2 is 2.17 bits per heavy atom. The van der Waals surface area contributed by atoms with Crippen LogP contribution in [-0.4, -0.2) is 57.2 Å². The van der Waals surface area contributed by atoms with E-state index in [0.717, 1.165) is 50.7 Å². The van der Waals surface area contributed by atoms with Gasteiger partial charge in [-0.25, -0.2) is 0 Å². The molecule has 2 N–H and O–H groups in total. The van der Waals surface area contributed by atoms with E-state index in [1.165, 1.54) is 11.8 Å². The highest BCUT2D eigenvalue weighted by Gasteiger charge is 2.28. The molecule has 0 radical (unpaired) electrons. The number of carbonyl (C=O) groups excluding carboxylic acids is 1. The minimum atomic E-state index is -0.780. The fourth-order valence-corrected chi connectivity index (χ4v) is 3.58. The van der Waals surface area contributed by atoms with Crippen LogP contribution in [0.1, 0.15) is 58.3 Å². The quantitative estimate of drug-likeness (QED) is 0.391. The lowest BCUT2D eigenvalue weighted by Gasteiger charge is -2.22. The second-order valence-electron chi connectivity index (χ2n) is 6.29. The van der Waals surface area contributed by atoms with Crippen molar-refractivity contribution in [2.75, 3.05) is 18.1 Å². The predicted molar refractivity (Wildman–Crippen MR) is 98.2 cm³/mol. The largest absolute Gasteiger partial charge is 0.481 e. The zero-order chi connectivity index (χ0) is 17.8. The zero-order valence-corrected chi connectivity index (χ0v) is 15.5. The summed E-state index contributed by atoms with van der Waals surface area (Å²) in [4.78, 5) is 24.3. The summed E-state index contributed by atoms with van der Waals surface area (Å²) < 4.78 is 0. The van der Waals surface area contributed by atoms with Gasteiger partial charge in [-0.05, 0) is 31.4 Å². The van der Waals surface area contributed by atoms with E-state index in [1.807, 2.05) is 17.1 Å². The van der Waals surface area contributed by atoms with Gasteiger partial charge < -0.3 is 15.1 Å². The molecule has 0 aromatic rings. The molecule has 1 saturated heterocycles. The molecule has 2 atom stereocenters. The van der Waals surface area contributed by atoms with Gasteiger partial charge in [-0.15, -0.1) is 0 Å². The fraction of sp³-hybridized carbons (Fsp3) is 0.778. The zero-order valence-electron chi connectivity index (χ0n) is 14.7. The van der Waals surface area contributed by atoms with Crippen molar-refractivity contribution in [1.29, 1.82) is 0 Å². The Morgan fingerprint density at radius 3 is 2.88 bits per heavy atom. The molecule has 1 aliphatic rings. The SMILES string of the molecule is CCCCC[C@H](O)/C=C/C1CCC(=O)N1CCCCSCC(=O)O. The lowest BCUT2D eigenvalue weighted by Crippen LogP contribution is -2.32. The van der Waals surface area contributed by atoms with Crippen LogP contribution in [-0.2, 0) is 9.59 Å². The number of likely N-dealkylation sites (tertiary alicyclic amines) is 1. The molecule has 0 bridgehead atoms. The second kappa shape index (κ2) is 12.4. The highest BCUT2D eigenvalue weighted by Crippen LogP contribution is 2.21. The van der Waals surface area contributed by atoms with Gasteiger partial charge in [0, 0.05) is 13.0 Å². The first-order chi connectivity index (χ1) is 11.5. The van der Waals surface area contributed by atoms with Gasteiger partial charge in [0.05, 0.1) is 17.9 Å². The number of aliphatic hydroxyl groups excluding tert-OH is 1. The van der Waals surface area contributed by atoms with Gasteiger partial charge in [-0.2, -0.15) is 11.8 Å². The third-order valence-electron chi connectivity index (χ3n) is 4.20. The van der Waals surface area contributed by atoms with Crippen molar-refractivity contribution in [3.8, 4) is 0 Å². The molecule has 0 saturated carbocycles. The van der Waals surface area contributed by atoms with Crippen LogP contribution in [0.25, 0.3) is 0 Å². The van der Waals surface area contributed by atoms with Crippen LogP contribution in [0.5, 0.6) is 0 Å². The number of amides is 1. The number of rotatable bonds is 13. The predicted octanol–water partition coefficient (Wildman–Crippen LogP) is 3.07. The van der Waals surface area contributed by atoms with Crippen LogP contribution in [0.15, 0.2) is 12.2 Å². The number of carbonyl (C=O) groups is 2. The molecule has 1 fully saturated rings. The monoisotopic (exact) mass is 357 g/mol. The number of hydrogen-bond donors (Lipinski definition) is 2. The first kappa shape index (κ1) is 21.0. The van der Waals surface area contributed by atoms with E-state index in [1.54, 1.807) is 0 Å². The van der Waals surface area contributed by atoms with Gasteiger partial charge in [0.2, 0.25) is 5.91 Å². The van der Waals surface area contributed by atoms with E-state index in [2.05, 4.69) is 6.92 Å². The van der Waals surface area contributed by atoms with Crippen molar-refractivity contribution < 1.29 is 19.8 Å². The van der Waals surface area contributed by atoms with Gasteiger partial charge in [0.25, 0.3) is 0 Å². The summed E-state index contributed by atoms with van der Waals surface area (Å²) >= 11 is 1.42. The van der Waals surface area contributed by atoms with Crippen molar-refractivity contribution in [2.45, 2.75) is 70.4 Å². The molecule has 1 heterocycles. The number of aliphatic carboxylic acids is 1. The summed E-state index contributed by atoms with van der Waals surface area (Å²) in [6, 6.07) is 0.102. The number of carboxylic acids is 1. The van der Waals surface area contributed by atoms with Crippen molar-refractivity contribution >= 4 is 23.6 Å². The Bertz CT molecular complexity index is 414.